The van der Waals surface area contributed by atoms with Crippen molar-refractivity contribution in [3.05, 3.63) is 24.2 Å². The second-order valence-corrected chi connectivity index (χ2v) is 7.87. The van der Waals surface area contributed by atoms with Crippen molar-refractivity contribution >= 4 is 11.9 Å². The Labute approximate surface area is 162 Å². The molecule has 2 aliphatic rings. The van der Waals surface area contributed by atoms with Crippen molar-refractivity contribution < 1.29 is 9.21 Å². The largest absolute Gasteiger partial charge is 0.459 e. The van der Waals surface area contributed by atoms with Crippen molar-refractivity contribution in [2.75, 3.05) is 52.9 Å². The highest BCUT2D eigenvalue weighted by Crippen LogP contribution is 2.18. The summed E-state index contributed by atoms with van der Waals surface area (Å²) in [4.78, 5) is 23.6. The van der Waals surface area contributed by atoms with Crippen molar-refractivity contribution in [2.24, 2.45) is 10.9 Å². The summed E-state index contributed by atoms with van der Waals surface area (Å²) in [6, 6.07) is 4.06. The van der Waals surface area contributed by atoms with Crippen LogP contribution >= 0.6 is 0 Å². The van der Waals surface area contributed by atoms with Gasteiger partial charge in [0, 0.05) is 52.4 Å². The van der Waals surface area contributed by atoms with Crippen molar-refractivity contribution in [1.82, 2.24) is 20.0 Å². The smallest absolute Gasteiger partial charge is 0.289 e. The van der Waals surface area contributed by atoms with Crippen LogP contribution in [0.5, 0.6) is 0 Å². The fourth-order valence-electron chi connectivity index (χ4n) is 4.05. The molecule has 3 heterocycles. The minimum absolute atomic E-state index is 0.0297. The number of guanidine groups is 1. The van der Waals surface area contributed by atoms with Crippen LogP contribution in [-0.2, 0) is 0 Å². The zero-order valence-electron chi connectivity index (χ0n) is 16.9. The van der Waals surface area contributed by atoms with Crippen LogP contribution in [0.15, 0.2) is 27.8 Å². The standard InChI is InChI=1S/C20H33N5O2/c1-16(2)15-25-8-4-6-17(25)14-22-20(21-3)24-11-9-23(10-12-24)19(26)18-7-5-13-27-18/h5,7,13,16-17H,4,6,8-12,14-15H2,1-3H3,(H,21,22)/t17-/m1/s1. The third-order valence-corrected chi connectivity index (χ3v) is 5.40. The minimum atomic E-state index is -0.0297. The van der Waals surface area contributed by atoms with Crippen molar-refractivity contribution in [3.63, 3.8) is 0 Å². The molecule has 7 heteroatoms. The molecule has 7 nitrogen and oxygen atoms in total. The number of furan rings is 1. The van der Waals surface area contributed by atoms with E-state index in [-0.39, 0.29) is 5.91 Å². The number of aliphatic imine (C=N–C) groups is 1. The first kappa shape index (κ1) is 19.7. The van der Waals surface area contributed by atoms with Crippen LogP contribution in [-0.4, -0.2) is 85.5 Å². The Morgan fingerprint density at radius 1 is 1.26 bits per heavy atom. The van der Waals surface area contributed by atoms with Crippen molar-refractivity contribution in [1.29, 1.82) is 0 Å². The number of carbonyl (C=O) groups excluding carboxylic acids is 1. The summed E-state index contributed by atoms with van der Waals surface area (Å²) >= 11 is 0. The molecule has 0 aliphatic carbocycles. The minimum Gasteiger partial charge on any atom is -0.459 e. The topological polar surface area (TPSA) is 64.3 Å². The molecule has 1 aromatic heterocycles. The Kier molecular flexibility index (Phi) is 6.77. The van der Waals surface area contributed by atoms with Crippen LogP contribution in [0.4, 0.5) is 0 Å². The first-order chi connectivity index (χ1) is 13.1. The van der Waals surface area contributed by atoms with E-state index in [0.717, 1.165) is 25.6 Å². The van der Waals surface area contributed by atoms with Crippen LogP contribution in [0.25, 0.3) is 0 Å². The van der Waals surface area contributed by atoms with Gasteiger partial charge in [0.15, 0.2) is 11.7 Å². The van der Waals surface area contributed by atoms with E-state index in [1.165, 1.54) is 25.9 Å². The van der Waals surface area contributed by atoms with Crippen LogP contribution < -0.4 is 5.32 Å². The monoisotopic (exact) mass is 375 g/mol. The van der Waals surface area contributed by atoms with Gasteiger partial charge in [-0.3, -0.25) is 14.7 Å². The molecule has 0 spiro atoms. The number of nitrogens with zero attached hydrogens (tertiary/aromatic N) is 4. The van der Waals surface area contributed by atoms with Crippen molar-refractivity contribution in [2.45, 2.75) is 32.7 Å². The first-order valence-corrected chi connectivity index (χ1v) is 10.1. The fraction of sp³-hybridized carbons (Fsp3) is 0.700. The summed E-state index contributed by atoms with van der Waals surface area (Å²) in [6.45, 7) is 10.8. The normalized spacial score (nSPS) is 21.9. The number of nitrogens with one attached hydrogen (secondary N) is 1. The maximum atomic E-state index is 12.4. The molecule has 1 amide bonds. The number of likely N-dealkylation sites (tertiary alicyclic amines) is 1. The van der Waals surface area contributed by atoms with E-state index in [4.69, 9.17) is 4.42 Å². The molecular formula is C20H33N5O2. The molecule has 0 aromatic carbocycles. The quantitative estimate of drug-likeness (QED) is 0.627. The second-order valence-electron chi connectivity index (χ2n) is 7.87. The third kappa shape index (κ3) is 5.03. The van der Waals surface area contributed by atoms with E-state index in [2.05, 4.69) is 34.0 Å². The number of carbonyl (C=O) groups is 1. The van der Waals surface area contributed by atoms with Gasteiger partial charge in [-0.05, 0) is 37.4 Å². The summed E-state index contributed by atoms with van der Waals surface area (Å²) in [6.07, 6.45) is 4.08. The Balaban J connectivity index is 1.47. The summed E-state index contributed by atoms with van der Waals surface area (Å²) in [5.41, 5.74) is 0. The Hall–Kier alpha value is -2.02. The average molecular weight is 376 g/mol. The van der Waals surface area contributed by atoms with Gasteiger partial charge in [0.1, 0.15) is 0 Å². The highest BCUT2D eigenvalue weighted by Gasteiger charge is 2.27. The molecule has 2 fully saturated rings. The number of hydrogen-bond donors (Lipinski definition) is 1. The summed E-state index contributed by atoms with van der Waals surface area (Å²) in [5, 5.41) is 3.57. The summed E-state index contributed by atoms with van der Waals surface area (Å²) < 4.78 is 5.23. The first-order valence-electron chi connectivity index (χ1n) is 10.1. The molecule has 1 atom stereocenters. The predicted molar refractivity (Wildman–Crippen MR) is 107 cm³/mol. The van der Waals surface area contributed by atoms with E-state index in [9.17, 15) is 4.79 Å². The summed E-state index contributed by atoms with van der Waals surface area (Å²) in [7, 11) is 1.84. The zero-order chi connectivity index (χ0) is 19.2. The van der Waals surface area contributed by atoms with E-state index < -0.39 is 0 Å². The molecule has 1 aromatic rings. The Morgan fingerprint density at radius 2 is 2.00 bits per heavy atom. The zero-order valence-corrected chi connectivity index (χ0v) is 16.9. The fourth-order valence-corrected chi connectivity index (χ4v) is 4.05. The molecule has 0 saturated carbocycles. The van der Waals surface area contributed by atoms with Gasteiger partial charge in [-0.1, -0.05) is 13.8 Å². The third-order valence-electron chi connectivity index (χ3n) is 5.40. The number of rotatable bonds is 5. The van der Waals surface area contributed by atoms with Crippen LogP contribution in [0.3, 0.4) is 0 Å². The molecule has 0 bridgehead atoms. The van der Waals surface area contributed by atoms with Gasteiger partial charge in [-0.25, -0.2) is 0 Å². The maximum Gasteiger partial charge on any atom is 0.289 e. The van der Waals surface area contributed by atoms with Gasteiger partial charge in [-0.15, -0.1) is 0 Å². The summed E-state index contributed by atoms with van der Waals surface area (Å²) in [5.74, 6) is 2.02. The lowest BCUT2D eigenvalue weighted by Gasteiger charge is -2.36. The van der Waals surface area contributed by atoms with Gasteiger partial charge in [0.2, 0.25) is 0 Å². The van der Waals surface area contributed by atoms with E-state index in [0.29, 0.717) is 30.8 Å². The molecule has 0 radical (unpaired) electrons. The molecule has 3 rings (SSSR count). The van der Waals surface area contributed by atoms with E-state index >= 15 is 0 Å². The molecule has 0 unspecified atom stereocenters. The Morgan fingerprint density at radius 3 is 2.63 bits per heavy atom. The number of amides is 1. The van der Waals surface area contributed by atoms with Gasteiger partial charge >= 0.3 is 0 Å². The molecule has 150 valence electrons. The average Bonchev–Trinajstić information content (AvgIpc) is 3.34. The van der Waals surface area contributed by atoms with Crippen LogP contribution in [0.2, 0.25) is 0 Å². The van der Waals surface area contributed by atoms with Crippen LogP contribution in [0.1, 0.15) is 37.2 Å². The molecule has 2 saturated heterocycles. The molecule has 27 heavy (non-hydrogen) atoms. The van der Waals surface area contributed by atoms with E-state index in [1.54, 1.807) is 18.4 Å². The SMILES string of the molecule is CN=C(NC[C@H]1CCCN1CC(C)C)N1CCN(C(=O)c2ccco2)CC1. The molecule has 1 N–H and O–H groups in total. The highest BCUT2D eigenvalue weighted by molar-refractivity contribution is 5.91. The molecule has 2 aliphatic heterocycles. The van der Waals surface area contributed by atoms with Gasteiger partial charge < -0.3 is 19.5 Å². The van der Waals surface area contributed by atoms with Gasteiger partial charge in [0.05, 0.1) is 6.26 Å². The van der Waals surface area contributed by atoms with Crippen molar-refractivity contribution in [3.8, 4) is 0 Å². The lowest BCUT2D eigenvalue weighted by molar-refractivity contribution is 0.0657. The maximum absolute atomic E-state index is 12.4. The Bertz CT molecular complexity index is 620. The predicted octanol–water partition coefficient (Wildman–Crippen LogP) is 1.73. The van der Waals surface area contributed by atoms with E-state index in [1.807, 2.05) is 11.9 Å². The van der Waals surface area contributed by atoms with Crippen LogP contribution in [0, 0.1) is 5.92 Å². The lowest BCUT2D eigenvalue weighted by Crippen LogP contribution is -2.55. The lowest BCUT2D eigenvalue weighted by atomic mass is 10.1. The second kappa shape index (κ2) is 9.26. The highest BCUT2D eigenvalue weighted by atomic mass is 16.3. The van der Waals surface area contributed by atoms with Gasteiger partial charge in [-0.2, -0.15) is 0 Å². The number of piperazine rings is 1. The number of hydrogen-bond acceptors (Lipinski definition) is 4. The van der Waals surface area contributed by atoms with Gasteiger partial charge in [0.25, 0.3) is 5.91 Å². The molecular weight excluding hydrogens is 342 g/mol.